The molecule has 3 aromatic carbocycles. The van der Waals surface area contributed by atoms with Crippen molar-refractivity contribution in [3.63, 3.8) is 0 Å². The number of hydrogen-bond donors (Lipinski definition) is 1. The maximum Gasteiger partial charge on any atom is 0.143 e. The van der Waals surface area contributed by atoms with Crippen molar-refractivity contribution in [2.75, 3.05) is 0 Å². The van der Waals surface area contributed by atoms with E-state index >= 15 is 4.39 Å². The van der Waals surface area contributed by atoms with Gasteiger partial charge in [0.05, 0.1) is 21.7 Å². The smallest absolute Gasteiger partial charge is 0.143 e. The van der Waals surface area contributed by atoms with E-state index in [1.54, 1.807) is 48.5 Å². The third-order valence-corrected chi connectivity index (χ3v) is 7.82. The van der Waals surface area contributed by atoms with Crippen molar-refractivity contribution in [2.45, 2.75) is 54.6 Å². The predicted octanol–water partition coefficient (Wildman–Crippen LogP) is 5.82. The van der Waals surface area contributed by atoms with Crippen molar-refractivity contribution >= 4 is 21.8 Å². The monoisotopic (exact) mass is 457 g/mol. The summed E-state index contributed by atoms with van der Waals surface area (Å²) in [6.07, 6.45) is -1.47. The largest absolute Gasteiger partial charge is 0.249 e. The van der Waals surface area contributed by atoms with E-state index in [0.29, 0.717) is 20.2 Å². The van der Waals surface area contributed by atoms with Crippen LogP contribution in [0.4, 0.5) is 4.39 Å². The average molecular weight is 458 g/mol. The number of halogens is 1. The SMILES string of the molecule is Cc1ccc([S@](=O)c2ccccc2[C@H](F)[C@H](N[S@@](=O)c2ccc(C)cc2)C(C)C)cc1. The molecule has 3 rings (SSSR count). The van der Waals surface area contributed by atoms with Gasteiger partial charge >= 0.3 is 0 Å². The van der Waals surface area contributed by atoms with E-state index in [1.165, 1.54) is 0 Å². The highest BCUT2D eigenvalue weighted by Crippen LogP contribution is 2.32. The molecular formula is C25H28FNO2S2. The van der Waals surface area contributed by atoms with Gasteiger partial charge in [-0.1, -0.05) is 67.4 Å². The molecule has 0 bridgehead atoms. The van der Waals surface area contributed by atoms with Crippen molar-refractivity contribution in [3.05, 3.63) is 89.5 Å². The molecule has 0 radical (unpaired) electrons. The zero-order valence-electron chi connectivity index (χ0n) is 18.2. The Morgan fingerprint density at radius 2 is 1.29 bits per heavy atom. The Morgan fingerprint density at radius 1 is 0.774 bits per heavy atom. The van der Waals surface area contributed by atoms with Crippen molar-refractivity contribution in [1.82, 2.24) is 4.72 Å². The molecule has 0 unspecified atom stereocenters. The summed E-state index contributed by atoms with van der Waals surface area (Å²) in [6, 6.07) is 20.9. The molecule has 31 heavy (non-hydrogen) atoms. The van der Waals surface area contributed by atoms with Gasteiger partial charge in [-0.05, 0) is 50.1 Å². The first-order valence-electron chi connectivity index (χ1n) is 10.2. The van der Waals surface area contributed by atoms with Crippen LogP contribution in [0.5, 0.6) is 0 Å². The zero-order valence-corrected chi connectivity index (χ0v) is 19.8. The lowest BCUT2D eigenvalue weighted by atomic mass is 9.95. The highest BCUT2D eigenvalue weighted by Gasteiger charge is 2.30. The number of rotatable bonds is 8. The average Bonchev–Trinajstić information content (AvgIpc) is 2.77. The molecule has 6 heteroatoms. The van der Waals surface area contributed by atoms with E-state index in [0.717, 1.165) is 11.1 Å². The van der Waals surface area contributed by atoms with E-state index in [1.807, 2.05) is 52.0 Å². The standard InChI is InChI=1S/C25H28FNO2S2/c1-17(2)25(27-31(29)21-15-11-19(4)12-16-21)24(26)22-7-5-6-8-23(22)30(28)20-13-9-18(3)10-14-20/h5-17,24-25,27H,1-4H3/t24-,25+,30-,31-/m0/s1. The molecule has 0 saturated heterocycles. The Labute approximate surface area is 189 Å². The molecule has 1 N–H and O–H groups in total. The molecule has 0 fully saturated rings. The predicted molar refractivity (Wildman–Crippen MR) is 125 cm³/mol. The van der Waals surface area contributed by atoms with Gasteiger partial charge in [0.1, 0.15) is 17.2 Å². The minimum Gasteiger partial charge on any atom is -0.249 e. The van der Waals surface area contributed by atoms with E-state index in [9.17, 15) is 8.42 Å². The number of nitrogens with one attached hydrogen (secondary N) is 1. The third-order valence-electron chi connectivity index (χ3n) is 5.16. The Hall–Kier alpha value is -2.15. The van der Waals surface area contributed by atoms with Crippen LogP contribution >= 0.6 is 0 Å². The second-order valence-electron chi connectivity index (χ2n) is 7.99. The van der Waals surface area contributed by atoms with E-state index in [2.05, 4.69) is 4.72 Å². The van der Waals surface area contributed by atoms with Crippen LogP contribution < -0.4 is 4.72 Å². The van der Waals surface area contributed by atoms with Crippen molar-refractivity contribution < 1.29 is 12.8 Å². The van der Waals surface area contributed by atoms with Crippen LogP contribution in [0.15, 0.2) is 87.5 Å². The molecule has 0 aliphatic carbocycles. The van der Waals surface area contributed by atoms with Gasteiger partial charge in [-0.25, -0.2) is 17.5 Å². The van der Waals surface area contributed by atoms with Gasteiger partial charge in [0.2, 0.25) is 0 Å². The molecule has 0 heterocycles. The van der Waals surface area contributed by atoms with Crippen LogP contribution in [0.3, 0.4) is 0 Å². The van der Waals surface area contributed by atoms with E-state index < -0.39 is 34.0 Å². The fraction of sp³-hybridized carbons (Fsp3) is 0.280. The minimum absolute atomic E-state index is 0.134. The van der Waals surface area contributed by atoms with E-state index in [4.69, 9.17) is 0 Å². The summed E-state index contributed by atoms with van der Waals surface area (Å²) >= 11 is 0. The molecule has 0 amide bonds. The van der Waals surface area contributed by atoms with Gasteiger partial charge in [-0.15, -0.1) is 0 Å². The van der Waals surface area contributed by atoms with Crippen molar-refractivity contribution in [1.29, 1.82) is 0 Å². The fourth-order valence-corrected chi connectivity index (χ4v) is 5.64. The summed E-state index contributed by atoms with van der Waals surface area (Å²) in [6.45, 7) is 7.69. The second kappa shape index (κ2) is 10.4. The highest BCUT2D eigenvalue weighted by molar-refractivity contribution is 7.85. The number of benzene rings is 3. The maximum absolute atomic E-state index is 15.9. The first kappa shape index (κ1) is 23.5. The Kier molecular flexibility index (Phi) is 7.92. The molecule has 0 saturated carbocycles. The molecule has 0 spiro atoms. The summed E-state index contributed by atoms with van der Waals surface area (Å²) in [5, 5.41) is 0. The molecule has 4 atom stereocenters. The molecule has 0 aromatic heterocycles. The summed E-state index contributed by atoms with van der Waals surface area (Å²) in [5.41, 5.74) is 2.49. The van der Waals surface area contributed by atoms with Crippen LogP contribution in [-0.2, 0) is 21.8 Å². The molecule has 0 aliphatic heterocycles. The molecule has 0 aliphatic rings. The van der Waals surface area contributed by atoms with Gasteiger partial charge in [0.25, 0.3) is 0 Å². The number of hydrogen-bond acceptors (Lipinski definition) is 2. The topological polar surface area (TPSA) is 46.2 Å². The second-order valence-corrected chi connectivity index (χ2v) is 10.7. The number of alkyl halides is 1. The zero-order chi connectivity index (χ0) is 22.5. The van der Waals surface area contributed by atoms with Crippen molar-refractivity contribution in [3.8, 4) is 0 Å². The molecule has 3 nitrogen and oxygen atoms in total. The Balaban J connectivity index is 1.89. The van der Waals surface area contributed by atoms with Gasteiger partial charge in [-0.3, -0.25) is 0 Å². The molecular weight excluding hydrogens is 429 g/mol. The van der Waals surface area contributed by atoms with E-state index in [-0.39, 0.29) is 5.92 Å². The van der Waals surface area contributed by atoms with Crippen LogP contribution in [0.25, 0.3) is 0 Å². The van der Waals surface area contributed by atoms with Crippen molar-refractivity contribution in [2.24, 2.45) is 5.92 Å². The van der Waals surface area contributed by atoms with Crippen LogP contribution in [0.2, 0.25) is 0 Å². The first-order chi connectivity index (χ1) is 14.8. The summed E-state index contributed by atoms with van der Waals surface area (Å²) in [4.78, 5) is 1.66. The highest BCUT2D eigenvalue weighted by atomic mass is 32.2. The number of aryl methyl sites for hydroxylation is 2. The molecule has 3 aromatic rings. The van der Waals surface area contributed by atoms with Gasteiger partial charge < -0.3 is 0 Å². The summed E-state index contributed by atoms with van der Waals surface area (Å²) in [7, 11) is -3.07. The summed E-state index contributed by atoms with van der Waals surface area (Å²) < 4.78 is 44.9. The maximum atomic E-state index is 15.9. The lowest BCUT2D eigenvalue weighted by molar-refractivity contribution is 0.230. The quantitative estimate of drug-likeness (QED) is 0.463. The van der Waals surface area contributed by atoms with Crippen LogP contribution in [0, 0.1) is 19.8 Å². The van der Waals surface area contributed by atoms with Crippen LogP contribution in [-0.4, -0.2) is 14.5 Å². The fourth-order valence-electron chi connectivity index (χ4n) is 3.25. The minimum atomic E-state index is -1.56. The third kappa shape index (κ3) is 5.76. The normalized spacial score (nSPS) is 15.4. The lowest BCUT2D eigenvalue weighted by Gasteiger charge is -2.27. The molecule has 164 valence electrons. The first-order valence-corrected chi connectivity index (χ1v) is 12.5. The van der Waals surface area contributed by atoms with Gasteiger partial charge in [0, 0.05) is 15.4 Å². The van der Waals surface area contributed by atoms with Gasteiger partial charge in [0.15, 0.2) is 0 Å². The van der Waals surface area contributed by atoms with Gasteiger partial charge in [-0.2, -0.15) is 0 Å². The Bertz CT molecular complexity index is 1070. The Morgan fingerprint density at radius 3 is 1.84 bits per heavy atom. The lowest BCUT2D eigenvalue weighted by Crippen LogP contribution is -2.39. The van der Waals surface area contributed by atoms with Crippen LogP contribution in [0.1, 0.15) is 36.7 Å². The summed E-state index contributed by atoms with van der Waals surface area (Å²) in [5.74, 6) is -0.134.